The van der Waals surface area contributed by atoms with E-state index in [4.69, 9.17) is 0 Å². The summed E-state index contributed by atoms with van der Waals surface area (Å²) >= 11 is 0. The third kappa shape index (κ3) is 4.10. The Balaban J connectivity index is 1.97. The van der Waals surface area contributed by atoms with Crippen LogP contribution in [0.25, 0.3) is 11.0 Å². The molecule has 1 fully saturated rings. The van der Waals surface area contributed by atoms with Gasteiger partial charge in [0.05, 0.1) is 23.7 Å². The van der Waals surface area contributed by atoms with E-state index in [0.717, 1.165) is 18.4 Å². The standard InChI is InChI=1S/C21H31N3O3/c1-21(2,3)18(14-25)22-19(26)24-17-12-8-7-11-16(17)23(20(24)27)13-15-9-5-4-6-10-15/h7-8,11-12,15,18,25H,4-6,9-10,13-14H2,1-3H3,(H,22,26)/t18-/m1/s1. The zero-order valence-electron chi connectivity index (χ0n) is 16.6. The fraction of sp³-hybridized carbons (Fsp3) is 0.619. The van der Waals surface area contributed by atoms with Gasteiger partial charge < -0.3 is 10.4 Å². The lowest BCUT2D eigenvalue weighted by Gasteiger charge is -2.29. The lowest BCUT2D eigenvalue weighted by Crippen LogP contribution is -2.49. The summed E-state index contributed by atoms with van der Waals surface area (Å²) in [5.74, 6) is 0.485. The van der Waals surface area contributed by atoms with E-state index >= 15 is 0 Å². The molecule has 148 valence electrons. The highest BCUT2D eigenvalue weighted by Crippen LogP contribution is 2.26. The minimum Gasteiger partial charge on any atom is -0.394 e. The summed E-state index contributed by atoms with van der Waals surface area (Å²) < 4.78 is 2.96. The van der Waals surface area contributed by atoms with Gasteiger partial charge in [-0.15, -0.1) is 0 Å². The van der Waals surface area contributed by atoms with Crippen LogP contribution in [0.4, 0.5) is 4.79 Å². The molecule has 0 aliphatic heterocycles. The van der Waals surface area contributed by atoms with Crippen molar-refractivity contribution in [1.29, 1.82) is 0 Å². The Morgan fingerprint density at radius 1 is 1.19 bits per heavy atom. The molecule has 6 heteroatoms. The molecule has 1 aliphatic carbocycles. The minimum absolute atomic E-state index is 0.176. The monoisotopic (exact) mass is 373 g/mol. The van der Waals surface area contributed by atoms with Gasteiger partial charge in [-0.3, -0.25) is 4.57 Å². The third-order valence-electron chi connectivity index (χ3n) is 5.73. The van der Waals surface area contributed by atoms with Crippen LogP contribution in [0.2, 0.25) is 0 Å². The normalized spacial score (nSPS) is 17.2. The van der Waals surface area contributed by atoms with Gasteiger partial charge in [-0.05, 0) is 36.3 Å². The summed E-state index contributed by atoms with van der Waals surface area (Å²) in [6, 6.07) is 6.52. The molecule has 1 aliphatic rings. The number of hydrogen-bond donors (Lipinski definition) is 2. The summed E-state index contributed by atoms with van der Waals surface area (Å²) in [6.07, 6.45) is 5.96. The van der Waals surface area contributed by atoms with Crippen molar-refractivity contribution in [2.45, 2.75) is 65.5 Å². The van der Waals surface area contributed by atoms with Crippen LogP contribution in [-0.2, 0) is 6.54 Å². The Kier molecular flexibility index (Phi) is 5.75. The number of imidazole rings is 1. The molecule has 2 N–H and O–H groups in total. The molecule has 0 radical (unpaired) electrons. The highest BCUT2D eigenvalue weighted by Gasteiger charge is 2.28. The molecule has 3 rings (SSSR count). The third-order valence-corrected chi connectivity index (χ3v) is 5.73. The smallest absolute Gasteiger partial charge is 0.337 e. The fourth-order valence-electron chi connectivity index (χ4n) is 3.96. The van der Waals surface area contributed by atoms with Crippen LogP contribution < -0.4 is 11.0 Å². The zero-order chi connectivity index (χ0) is 19.6. The molecule has 1 aromatic heterocycles. The highest BCUT2D eigenvalue weighted by molar-refractivity contribution is 5.89. The lowest BCUT2D eigenvalue weighted by molar-refractivity contribution is 0.159. The SMILES string of the molecule is CC(C)(C)[C@@H](CO)NC(=O)n1c(=O)n(CC2CCCCC2)c2ccccc21. The van der Waals surface area contributed by atoms with Gasteiger partial charge in [0.1, 0.15) is 0 Å². The number of carbonyl (C=O) groups is 1. The summed E-state index contributed by atoms with van der Waals surface area (Å²) in [6.45, 7) is 6.32. The first-order valence-corrected chi connectivity index (χ1v) is 9.95. The molecule has 0 spiro atoms. The molecule has 0 saturated heterocycles. The highest BCUT2D eigenvalue weighted by atomic mass is 16.3. The number of amides is 1. The molecule has 27 heavy (non-hydrogen) atoms. The Hall–Kier alpha value is -2.08. The van der Waals surface area contributed by atoms with E-state index in [1.54, 1.807) is 10.6 Å². The number of nitrogens with zero attached hydrogens (tertiary/aromatic N) is 2. The van der Waals surface area contributed by atoms with Gasteiger partial charge in [0.25, 0.3) is 0 Å². The number of aromatic nitrogens is 2. The molecule has 1 saturated carbocycles. The second-order valence-electron chi connectivity index (χ2n) is 8.77. The quantitative estimate of drug-likeness (QED) is 0.863. The molecule has 0 bridgehead atoms. The Morgan fingerprint density at radius 3 is 2.41 bits per heavy atom. The van der Waals surface area contributed by atoms with E-state index in [1.165, 1.54) is 23.8 Å². The number of nitrogens with one attached hydrogen (secondary N) is 1. The molecular formula is C21H31N3O3. The summed E-state index contributed by atoms with van der Waals surface area (Å²) in [4.78, 5) is 26.1. The van der Waals surface area contributed by atoms with E-state index in [2.05, 4.69) is 5.32 Å². The first kappa shape index (κ1) is 19.7. The van der Waals surface area contributed by atoms with Crippen LogP contribution in [-0.4, -0.2) is 32.9 Å². The van der Waals surface area contributed by atoms with Crippen molar-refractivity contribution in [3.05, 3.63) is 34.7 Å². The summed E-state index contributed by atoms with van der Waals surface area (Å²) in [5, 5.41) is 12.5. The number of fused-ring (bicyclic) bond motifs is 1. The average Bonchev–Trinajstić information content (AvgIpc) is 2.91. The van der Waals surface area contributed by atoms with Crippen molar-refractivity contribution >= 4 is 17.1 Å². The maximum absolute atomic E-state index is 13.1. The second-order valence-corrected chi connectivity index (χ2v) is 8.77. The number of carbonyl (C=O) groups excluding carboxylic acids is 1. The van der Waals surface area contributed by atoms with Gasteiger partial charge in [-0.25, -0.2) is 14.2 Å². The Labute approximate surface area is 160 Å². The van der Waals surface area contributed by atoms with Crippen LogP contribution >= 0.6 is 0 Å². The van der Waals surface area contributed by atoms with Gasteiger partial charge in [-0.1, -0.05) is 52.2 Å². The van der Waals surface area contributed by atoms with Crippen LogP contribution in [0, 0.1) is 11.3 Å². The van der Waals surface area contributed by atoms with Crippen LogP contribution in [0.3, 0.4) is 0 Å². The molecule has 6 nitrogen and oxygen atoms in total. The van der Waals surface area contributed by atoms with Crippen LogP contribution in [0.15, 0.2) is 29.1 Å². The first-order valence-electron chi connectivity index (χ1n) is 9.95. The zero-order valence-corrected chi connectivity index (χ0v) is 16.6. The molecule has 1 atom stereocenters. The summed E-state index contributed by atoms with van der Waals surface area (Å²) in [5.41, 5.74) is 0.792. The van der Waals surface area contributed by atoms with Gasteiger partial charge in [0.2, 0.25) is 0 Å². The van der Waals surface area contributed by atoms with E-state index in [1.807, 2.05) is 39.0 Å². The summed E-state index contributed by atoms with van der Waals surface area (Å²) in [7, 11) is 0. The second kappa shape index (κ2) is 7.89. The van der Waals surface area contributed by atoms with Crippen molar-refractivity contribution < 1.29 is 9.90 Å². The van der Waals surface area contributed by atoms with Crippen molar-refractivity contribution in [3.8, 4) is 0 Å². The Bertz CT molecular complexity index is 854. The molecule has 1 amide bonds. The molecule has 1 heterocycles. The molecular weight excluding hydrogens is 342 g/mol. The van der Waals surface area contributed by atoms with Gasteiger partial charge in [-0.2, -0.15) is 0 Å². The molecule has 0 unspecified atom stereocenters. The number of aliphatic hydroxyl groups is 1. The topological polar surface area (TPSA) is 76.3 Å². The van der Waals surface area contributed by atoms with Crippen molar-refractivity contribution in [2.24, 2.45) is 11.3 Å². The van der Waals surface area contributed by atoms with Crippen molar-refractivity contribution in [1.82, 2.24) is 14.5 Å². The van der Waals surface area contributed by atoms with Crippen molar-refractivity contribution in [2.75, 3.05) is 6.61 Å². The van der Waals surface area contributed by atoms with Crippen LogP contribution in [0.1, 0.15) is 52.9 Å². The van der Waals surface area contributed by atoms with Crippen LogP contribution in [0.5, 0.6) is 0 Å². The van der Waals surface area contributed by atoms with E-state index in [-0.39, 0.29) is 17.7 Å². The first-order chi connectivity index (χ1) is 12.8. The lowest BCUT2D eigenvalue weighted by atomic mass is 9.87. The van der Waals surface area contributed by atoms with E-state index in [9.17, 15) is 14.7 Å². The maximum atomic E-state index is 13.1. The van der Waals surface area contributed by atoms with E-state index in [0.29, 0.717) is 18.0 Å². The Morgan fingerprint density at radius 2 is 1.81 bits per heavy atom. The minimum atomic E-state index is -0.479. The predicted octanol–water partition coefficient (Wildman–Crippen LogP) is 3.35. The average molecular weight is 373 g/mol. The number of benzene rings is 1. The van der Waals surface area contributed by atoms with Gasteiger partial charge in [0, 0.05) is 6.54 Å². The van der Waals surface area contributed by atoms with Crippen molar-refractivity contribution in [3.63, 3.8) is 0 Å². The predicted molar refractivity (Wildman–Crippen MR) is 107 cm³/mol. The van der Waals surface area contributed by atoms with E-state index < -0.39 is 12.1 Å². The number of aliphatic hydroxyl groups excluding tert-OH is 1. The molecule has 2 aromatic rings. The number of hydrogen-bond acceptors (Lipinski definition) is 3. The van der Waals surface area contributed by atoms with Gasteiger partial charge >= 0.3 is 11.7 Å². The fourth-order valence-corrected chi connectivity index (χ4v) is 3.96. The van der Waals surface area contributed by atoms with Gasteiger partial charge in [0.15, 0.2) is 0 Å². The maximum Gasteiger partial charge on any atom is 0.337 e. The largest absolute Gasteiger partial charge is 0.394 e. The number of rotatable bonds is 4. The molecule has 1 aromatic carbocycles. The number of para-hydroxylation sites is 2.